The Kier molecular flexibility index (Phi) is 5.35. The third-order valence-corrected chi connectivity index (χ3v) is 3.83. The fraction of sp³-hybridized carbons (Fsp3) is 0.857. The van der Waals surface area contributed by atoms with E-state index in [1.807, 2.05) is 20.8 Å². The second-order valence-electron chi connectivity index (χ2n) is 6.31. The second kappa shape index (κ2) is 6.37. The first-order valence-corrected chi connectivity index (χ1v) is 7.08. The van der Waals surface area contributed by atoms with Gasteiger partial charge in [0.2, 0.25) is 5.91 Å². The second-order valence-corrected chi connectivity index (χ2v) is 6.31. The van der Waals surface area contributed by atoms with Gasteiger partial charge in [-0.2, -0.15) is 0 Å². The van der Waals surface area contributed by atoms with E-state index in [9.17, 15) is 14.7 Å². The summed E-state index contributed by atoms with van der Waals surface area (Å²) in [6.07, 6.45) is 3.39. The minimum absolute atomic E-state index is 0.312. The zero-order valence-electron chi connectivity index (χ0n) is 12.1. The van der Waals surface area contributed by atoms with Crippen LogP contribution in [0, 0.1) is 11.8 Å². The molecule has 4 N–H and O–H groups in total. The van der Waals surface area contributed by atoms with Gasteiger partial charge in [-0.15, -0.1) is 0 Å². The van der Waals surface area contributed by atoms with E-state index in [-0.39, 0.29) is 5.91 Å². The van der Waals surface area contributed by atoms with Crippen LogP contribution in [0.15, 0.2) is 0 Å². The van der Waals surface area contributed by atoms with Crippen molar-refractivity contribution < 1.29 is 14.7 Å². The topological polar surface area (TPSA) is 92.4 Å². The molecule has 0 heterocycles. The van der Waals surface area contributed by atoms with Gasteiger partial charge in [0.1, 0.15) is 5.54 Å². The summed E-state index contributed by atoms with van der Waals surface area (Å²) < 4.78 is 0. The zero-order chi connectivity index (χ0) is 14.6. The first-order valence-electron chi connectivity index (χ1n) is 7.08. The highest BCUT2D eigenvalue weighted by Crippen LogP contribution is 2.32. The van der Waals surface area contributed by atoms with Gasteiger partial charge in [-0.25, -0.2) is 4.79 Å². The van der Waals surface area contributed by atoms with Gasteiger partial charge in [0.05, 0.1) is 6.04 Å². The highest BCUT2D eigenvalue weighted by Gasteiger charge is 2.43. The van der Waals surface area contributed by atoms with E-state index >= 15 is 0 Å². The number of carbonyl (C=O) groups excluding carboxylic acids is 1. The summed E-state index contributed by atoms with van der Waals surface area (Å²) in [6, 6.07) is -0.631. The van der Waals surface area contributed by atoms with E-state index < -0.39 is 17.6 Å². The Bertz CT molecular complexity index is 344. The number of rotatable bonds is 5. The monoisotopic (exact) mass is 270 g/mol. The summed E-state index contributed by atoms with van der Waals surface area (Å²) >= 11 is 0. The third-order valence-electron chi connectivity index (χ3n) is 3.83. The first-order chi connectivity index (χ1) is 8.77. The molecule has 0 bridgehead atoms. The molecule has 0 aliphatic heterocycles. The molecule has 3 atom stereocenters. The number of amides is 1. The Balaban J connectivity index is 2.73. The van der Waals surface area contributed by atoms with Crippen molar-refractivity contribution in [3.05, 3.63) is 0 Å². The molecule has 0 saturated heterocycles. The van der Waals surface area contributed by atoms with Crippen LogP contribution >= 0.6 is 0 Å². The maximum atomic E-state index is 12.1. The summed E-state index contributed by atoms with van der Waals surface area (Å²) in [4.78, 5) is 23.6. The highest BCUT2D eigenvalue weighted by molar-refractivity contribution is 5.89. The minimum Gasteiger partial charge on any atom is -0.480 e. The normalized spacial score (nSPS) is 29.0. The average molecular weight is 270 g/mol. The molecule has 0 spiro atoms. The lowest BCUT2D eigenvalue weighted by atomic mass is 9.76. The summed E-state index contributed by atoms with van der Waals surface area (Å²) in [5.74, 6) is -0.660. The Morgan fingerprint density at radius 1 is 1.47 bits per heavy atom. The van der Waals surface area contributed by atoms with Crippen LogP contribution in [0.2, 0.25) is 0 Å². The van der Waals surface area contributed by atoms with Crippen molar-refractivity contribution in [2.24, 2.45) is 17.6 Å². The van der Waals surface area contributed by atoms with Crippen LogP contribution < -0.4 is 11.1 Å². The molecule has 5 heteroatoms. The third kappa shape index (κ3) is 4.20. The number of carboxylic acid groups (broad SMARTS) is 1. The van der Waals surface area contributed by atoms with Gasteiger partial charge in [0.15, 0.2) is 0 Å². The van der Waals surface area contributed by atoms with Crippen LogP contribution in [0.25, 0.3) is 0 Å². The molecule has 0 aromatic rings. The lowest BCUT2D eigenvalue weighted by Crippen LogP contribution is -2.60. The Hall–Kier alpha value is -1.10. The highest BCUT2D eigenvalue weighted by atomic mass is 16.4. The predicted molar refractivity (Wildman–Crippen MR) is 73.6 cm³/mol. The van der Waals surface area contributed by atoms with Crippen LogP contribution in [0.5, 0.6) is 0 Å². The molecule has 0 radical (unpaired) electrons. The van der Waals surface area contributed by atoms with Gasteiger partial charge in [0.25, 0.3) is 0 Å². The Morgan fingerprint density at radius 3 is 2.58 bits per heavy atom. The number of aliphatic carboxylic acids is 1. The molecule has 1 aliphatic carbocycles. The molecule has 110 valence electrons. The minimum atomic E-state index is -1.12. The molecule has 2 unspecified atom stereocenters. The quantitative estimate of drug-likeness (QED) is 0.706. The maximum absolute atomic E-state index is 12.1. The Labute approximate surface area is 114 Å². The van der Waals surface area contributed by atoms with Crippen molar-refractivity contribution in [2.75, 3.05) is 0 Å². The molecular formula is C14H26N2O3. The van der Waals surface area contributed by atoms with Gasteiger partial charge in [-0.05, 0) is 31.1 Å². The molecule has 19 heavy (non-hydrogen) atoms. The fourth-order valence-electron chi connectivity index (χ4n) is 2.86. The van der Waals surface area contributed by atoms with Crippen molar-refractivity contribution >= 4 is 11.9 Å². The summed E-state index contributed by atoms with van der Waals surface area (Å²) in [5.41, 5.74) is 4.70. The van der Waals surface area contributed by atoms with E-state index in [0.29, 0.717) is 31.1 Å². The van der Waals surface area contributed by atoms with Crippen LogP contribution in [-0.4, -0.2) is 28.6 Å². The van der Waals surface area contributed by atoms with Crippen LogP contribution in [0.1, 0.15) is 52.9 Å². The molecule has 1 fully saturated rings. The van der Waals surface area contributed by atoms with E-state index in [2.05, 4.69) is 5.32 Å². The summed E-state index contributed by atoms with van der Waals surface area (Å²) in [7, 11) is 0. The van der Waals surface area contributed by atoms with Crippen molar-refractivity contribution in [1.82, 2.24) is 5.32 Å². The molecule has 1 saturated carbocycles. The number of hydrogen-bond donors (Lipinski definition) is 3. The predicted octanol–water partition coefficient (Wildman–Crippen LogP) is 1.51. The van der Waals surface area contributed by atoms with E-state index in [4.69, 9.17) is 5.73 Å². The van der Waals surface area contributed by atoms with E-state index in [1.54, 1.807) is 0 Å². The molecule has 1 aliphatic rings. The van der Waals surface area contributed by atoms with Gasteiger partial charge in [-0.3, -0.25) is 4.79 Å². The van der Waals surface area contributed by atoms with Crippen molar-refractivity contribution in [1.29, 1.82) is 0 Å². The van der Waals surface area contributed by atoms with Crippen LogP contribution in [0.4, 0.5) is 0 Å². The zero-order valence-corrected chi connectivity index (χ0v) is 12.1. The molecular weight excluding hydrogens is 244 g/mol. The van der Waals surface area contributed by atoms with Crippen LogP contribution in [-0.2, 0) is 9.59 Å². The largest absolute Gasteiger partial charge is 0.480 e. The average Bonchev–Trinajstić information content (AvgIpc) is 2.27. The number of nitrogens with one attached hydrogen (secondary N) is 1. The fourth-order valence-corrected chi connectivity index (χ4v) is 2.86. The molecule has 1 rings (SSSR count). The molecule has 1 amide bonds. The smallest absolute Gasteiger partial charge is 0.329 e. The summed E-state index contributed by atoms with van der Waals surface area (Å²) in [6.45, 7) is 6.00. The number of hydrogen-bond acceptors (Lipinski definition) is 3. The van der Waals surface area contributed by atoms with Crippen molar-refractivity contribution in [3.8, 4) is 0 Å². The standard InChI is InChI=1S/C14H26N2O3/c1-9(2)7-11(15)12(17)16-14(13(18)19)6-4-5-10(3)8-14/h9-11H,4-8,15H2,1-3H3,(H,16,17)(H,18,19)/t10?,11-,14?/m1/s1. The lowest BCUT2D eigenvalue weighted by molar-refractivity contribution is -0.150. The number of carbonyl (C=O) groups is 2. The van der Waals surface area contributed by atoms with E-state index in [0.717, 1.165) is 12.8 Å². The maximum Gasteiger partial charge on any atom is 0.329 e. The van der Waals surface area contributed by atoms with Gasteiger partial charge >= 0.3 is 5.97 Å². The van der Waals surface area contributed by atoms with Gasteiger partial charge < -0.3 is 16.2 Å². The SMILES string of the molecule is CC(C)C[C@@H](N)C(=O)NC1(C(=O)O)CCCC(C)C1. The first kappa shape index (κ1) is 16.0. The van der Waals surface area contributed by atoms with Gasteiger partial charge in [0, 0.05) is 0 Å². The number of nitrogens with two attached hydrogens (primary N) is 1. The Morgan fingerprint density at radius 2 is 2.11 bits per heavy atom. The van der Waals surface area contributed by atoms with Gasteiger partial charge in [-0.1, -0.05) is 33.6 Å². The summed E-state index contributed by atoms with van der Waals surface area (Å²) in [5, 5.41) is 12.2. The lowest BCUT2D eigenvalue weighted by Gasteiger charge is -2.37. The number of carboxylic acids is 1. The van der Waals surface area contributed by atoms with Crippen LogP contribution in [0.3, 0.4) is 0 Å². The van der Waals surface area contributed by atoms with E-state index in [1.165, 1.54) is 0 Å². The molecule has 5 nitrogen and oxygen atoms in total. The molecule has 0 aromatic heterocycles. The van der Waals surface area contributed by atoms with Crippen molar-refractivity contribution in [2.45, 2.75) is 64.5 Å². The molecule has 0 aromatic carbocycles. The van der Waals surface area contributed by atoms with Crippen molar-refractivity contribution in [3.63, 3.8) is 0 Å².